The van der Waals surface area contributed by atoms with E-state index >= 15 is 0 Å². The van der Waals surface area contributed by atoms with Crippen molar-refractivity contribution in [3.63, 3.8) is 0 Å². The van der Waals surface area contributed by atoms with Crippen molar-refractivity contribution in [2.24, 2.45) is 5.92 Å². The minimum Gasteiger partial charge on any atom is -0.361 e. The summed E-state index contributed by atoms with van der Waals surface area (Å²) in [5.74, 6) is -0.827. The molecule has 1 atom stereocenters. The van der Waals surface area contributed by atoms with Gasteiger partial charge >= 0.3 is 6.18 Å². The second kappa shape index (κ2) is 6.07. The molecule has 0 aliphatic heterocycles. The van der Waals surface area contributed by atoms with Gasteiger partial charge in [0.05, 0.1) is 11.9 Å². The number of amides is 1. The van der Waals surface area contributed by atoms with Gasteiger partial charge in [0.2, 0.25) is 0 Å². The molecule has 1 amide bonds. The highest BCUT2D eigenvalue weighted by molar-refractivity contribution is 6.00. The van der Waals surface area contributed by atoms with Gasteiger partial charge in [0.25, 0.3) is 5.91 Å². The molecular weight excluding hydrogens is 363 g/mol. The number of rotatable bonds is 4. The average Bonchev–Trinajstić information content (AvgIpc) is 3.17. The van der Waals surface area contributed by atoms with E-state index in [1.165, 1.54) is 10.7 Å². The first kappa shape index (κ1) is 17.5. The van der Waals surface area contributed by atoms with Gasteiger partial charge in [-0.25, -0.2) is 9.50 Å². The third-order valence-electron chi connectivity index (χ3n) is 4.52. The van der Waals surface area contributed by atoms with Gasteiger partial charge < -0.3 is 9.84 Å². The van der Waals surface area contributed by atoms with E-state index in [4.69, 9.17) is 4.52 Å². The van der Waals surface area contributed by atoms with Crippen LogP contribution in [0.3, 0.4) is 0 Å². The Morgan fingerprint density at radius 3 is 2.63 bits per heavy atom. The van der Waals surface area contributed by atoms with E-state index in [0.717, 1.165) is 0 Å². The average molecular weight is 379 g/mol. The summed E-state index contributed by atoms with van der Waals surface area (Å²) in [7, 11) is 0. The van der Waals surface area contributed by atoms with E-state index < -0.39 is 24.0 Å². The molecule has 3 aromatic rings. The van der Waals surface area contributed by atoms with E-state index in [2.05, 4.69) is 20.6 Å². The fraction of sp³-hybridized carbons (Fsp3) is 0.412. The smallest absolute Gasteiger partial charge is 0.361 e. The number of alkyl halides is 3. The Hall–Kier alpha value is -2.91. The summed E-state index contributed by atoms with van der Waals surface area (Å²) in [6, 6.07) is 1.53. The highest BCUT2D eigenvalue weighted by atomic mass is 19.4. The maximum atomic E-state index is 13.2. The zero-order valence-electron chi connectivity index (χ0n) is 14.5. The number of fused-ring (bicyclic) bond motifs is 1. The first-order chi connectivity index (χ1) is 12.7. The molecule has 0 spiro atoms. The number of carbonyl (C=O) groups is 1. The van der Waals surface area contributed by atoms with Gasteiger partial charge in [0.1, 0.15) is 23.1 Å². The van der Waals surface area contributed by atoms with Crippen molar-refractivity contribution in [3.8, 4) is 11.4 Å². The summed E-state index contributed by atoms with van der Waals surface area (Å²) < 4.78 is 46.1. The highest BCUT2D eigenvalue weighted by Crippen LogP contribution is 2.40. The molecule has 7 nitrogen and oxygen atoms in total. The lowest BCUT2D eigenvalue weighted by atomic mass is 10.1. The van der Waals surface area contributed by atoms with Crippen LogP contribution >= 0.6 is 0 Å². The lowest BCUT2D eigenvalue weighted by Gasteiger charge is -2.20. The van der Waals surface area contributed by atoms with Gasteiger partial charge in [-0.15, -0.1) is 0 Å². The summed E-state index contributed by atoms with van der Waals surface area (Å²) in [4.78, 5) is 16.9. The molecule has 10 heteroatoms. The summed E-state index contributed by atoms with van der Waals surface area (Å²) in [6.07, 6.45) is -2.37. The molecule has 3 aromatic heterocycles. The van der Waals surface area contributed by atoms with Crippen LogP contribution in [0, 0.1) is 19.8 Å². The van der Waals surface area contributed by atoms with E-state index in [1.54, 1.807) is 26.0 Å². The Balaban J connectivity index is 1.71. The van der Waals surface area contributed by atoms with E-state index in [-0.39, 0.29) is 11.2 Å². The Morgan fingerprint density at radius 2 is 2.04 bits per heavy atom. The number of hydrogen-bond donors (Lipinski definition) is 1. The second-order valence-corrected chi connectivity index (χ2v) is 6.73. The molecule has 4 rings (SSSR count). The fourth-order valence-electron chi connectivity index (χ4n) is 3.01. The first-order valence-electron chi connectivity index (χ1n) is 8.40. The van der Waals surface area contributed by atoms with Gasteiger partial charge in [-0.2, -0.15) is 18.3 Å². The zero-order valence-corrected chi connectivity index (χ0v) is 14.5. The summed E-state index contributed by atoms with van der Waals surface area (Å²) >= 11 is 0. The van der Waals surface area contributed by atoms with Crippen molar-refractivity contribution in [1.29, 1.82) is 0 Å². The Labute approximate surface area is 151 Å². The topological polar surface area (TPSA) is 85.3 Å². The molecule has 1 aliphatic rings. The van der Waals surface area contributed by atoms with Gasteiger partial charge in [-0.1, -0.05) is 5.16 Å². The van der Waals surface area contributed by atoms with E-state index in [9.17, 15) is 18.0 Å². The van der Waals surface area contributed by atoms with Crippen molar-refractivity contribution < 1.29 is 22.5 Å². The SMILES string of the molecule is Cc1cc(-c2cc(C)n3ncc(C(=O)N[C@H](C4CC4)C(F)(F)F)c3n2)no1. The van der Waals surface area contributed by atoms with Crippen LogP contribution in [0.2, 0.25) is 0 Å². The highest BCUT2D eigenvalue weighted by Gasteiger charge is 2.49. The third kappa shape index (κ3) is 3.26. The van der Waals surface area contributed by atoms with Crippen molar-refractivity contribution in [1.82, 2.24) is 25.1 Å². The van der Waals surface area contributed by atoms with Crippen molar-refractivity contribution in [2.45, 2.75) is 38.9 Å². The lowest BCUT2D eigenvalue weighted by molar-refractivity contribution is -0.158. The molecule has 142 valence electrons. The number of nitrogens with one attached hydrogen (secondary N) is 1. The maximum Gasteiger partial charge on any atom is 0.408 e. The second-order valence-electron chi connectivity index (χ2n) is 6.73. The Bertz CT molecular complexity index is 1020. The summed E-state index contributed by atoms with van der Waals surface area (Å²) in [6.45, 7) is 3.48. The number of aromatic nitrogens is 4. The normalized spacial score (nSPS) is 15.9. The van der Waals surface area contributed by atoms with Crippen molar-refractivity contribution in [3.05, 3.63) is 35.3 Å². The fourth-order valence-corrected chi connectivity index (χ4v) is 3.01. The number of carbonyl (C=O) groups excluding carboxylic acids is 1. The first-order valence-corrected chi connectivity index (χ1v) is 8.40. The predicted octanol–water partition coefficient (Wildman–Crippen LogP) is 3.07. The molecule has 0 radical (unpaired) electrons. The number of hydrogen-bond acceptors (Lipinski definition) is 5. The van der Waals surface area contributed by atoms with Crippen LogP contribution in [-0.4, -0.2) is 37.9 Å². The van der Waals surface area contributed by atoms with Crippen LogP contribution in [0.25, 0.3) is 17.0 Å². The minimum atomic E-state index is -4.49. The molecule has 0 saturated heterocycles. The molecule has 1 fully saturated rings. The van der Waals surface area contributed by atoms with Crippen LogP contribution in [0.4, 0.5) is 13.2 Å². The number of aryl methyl sites for hydroxylation is 2. The monoisotopic (exact) mass is 379 g/mol. The van der Waals surface area contributed by atoms with Crippen molar-refractivity contribution >= 4 is 11.6 Å². The minimum absolute atomic E-state index is 0.0185. The standard InChI is InChI=1S/C17H16F3N5O2/c1-8-5-12(13-6-9(2)27-24-13)22-15-11(7-21-25(8)15)16(26)23-14(10-3-4-10)17(18,19)20/h5-7,10,14H,3-4H2,1-2H3,(H,23,26)/t14-/m1/s1. The van der Waals surface area contributed by atoms with Crippen LogP contribution in [-0.2, 0) is 0 Å². The van der Waals surface area contributed by atoms with Crippen LogP contribution < -0.4 is 5.32 Å². The van der Waals surface area contributed by atoms with Crippen LogP contribution in [0.5, 0.6) is 0 Å². The van der Waals surface area contributed by atoms with Crippen molar-refractivity contribution in [2.75, 3.05) is 0 Å². The number of nitrogens with zero attached hydrogens (tertiary/aromatic N) is 4. The molecule has 1 N–H and O–H groups in total. The molecule has 0 unspecified atom stereocenters. The number of halogens is 3. The zero-order chi connectivity index (χ0) is 19.3. The Kier molecular flexibility index (Phi) is 3.93. The van der Waals surface area contributed by atoms with E-state index in [1.807, 2.05) is 0 Å². The summed E-state index contributed by atoms with van der Waals surface area (Å²) in [5.41, 5.74) is 1.72. The molecule has 0 aromatic carbocycles. The Morgan fingerprint density at radius 1 is 1.30 bits per heavy atom. The molecule has 1 aliphatic carbocycles. The molecular formula is C17H16F3N5O2. The van der Waals surface area contributed by atoms with Crippen LogP contribution in [0.1, 0.15) is 34.7 Å². The van der Waals surface area contributed by atoms with E-state index in [0.29, 0.717) is 35.7 Å². The van der Waals surface area contributed by atoms with Gasteiger partial charge in [-0.3, -0.25) is 4.79 Å². The largest absolute Gasteiger partial charge is 0.408 e. The van der Waals surface area contributed by atoms with Gasteiger partial charge in [0.15, 0.2) is 5.65 Å². The third-order valence-corrected chi connectivity index (χ3v) is 4.52. The summed E-state index contributed by atoms with van der Waals surface area (Å²) in [5, 5.41) is 10.1. The molecule has 3 heterocycles. The molecule has 27 heavy (non-hydrogen) atoms. The molecule has 0 bridgehead atoms. The lowest BCUT2D eigenvalue weighted by Crippen LogP contribution is -2.46. The quantitative estimate of drug-likeness (QED) is 0.753. The van der Waals surface area contributed by atoms with Gasteiger partial charge in [0, 0.05) is 11.8 Å². The predicted molar refractivity (Wildman–Crippen MR) is 88.0 cm³/mol. The molecule has 1 saturated carbocycles. The van der Waals surface area contributed by atoms with Gasteiger partial charge in [-0.05, 0) is 38.7 Å². The maximum absolute atomic E-state index is 13.2. The van der Waals surface area contributed by atoms with Crippen LogP contribution in [0.15, 0.2) is 22.9 Å².